The van der Waals surface area contributed by atoms with Crippen molar-refractivity contribution in [3.8, 4) is 0 Å². The lowest BCUT2D eigenvalue weighted by atomic mass is 10.3. The lowest BCUT2D eigenvalue weighted by Crippen LogP contribution is -2.38. The molecule has 1 amide bonds. The Balaban J connectivity index is 2.38. The minimum Gasteiger partial charge on any atom is -0.394 e. The molecule has 0 aromatic rings. The van der Waals surface area contributed by atoms with Crippen LogP contribution in [-0.4, -0.2) is 35.6 Å². The molecule has 1 saturated carbocycles. The highest BCUT2D eigenvalue weighted by Gasteiger charge is 2.33. The Morgan fingerprint density at radius 2 is 2.27 bits per heavy atom. The molecule has 1 rings (SSSR count). The van der Waals surface area contributed by atoms with E-state index in [0.29, 0.717) is 0 Å². The van der Waals surface area contributed by atoms with Crippen LogP contribution >= 0.6 is 0 Å². The highest BCUT2D eigenvalue weighted by atomic mass is 16.3. The van der Waals surface area contributed by atoms with Crippen LogP contribution in [0.5, 0.6) is 0 Å². The van der Waals surface area contributed by atoms with Crippen molar-refractivity contribution in [1.29, 1.82) is 0 Å². The smallest absolute Gasteiger partial charge is 0.225 e. The first-order chi connectivity index (χ1) is 5.16. The standard InChI is InChI=1S/C8H15NO2/c1-6(5-10)9(2)8(11)7-3-4-7/h6-7,10H,3-5H2,1-2H3/t6-/m1/s1. The predicted octanol–water partition coefficient (Wildman–Crippen LogP) is 0.236. The molecule has 0 bridgehead atoms. The van der Waals surface area contributed by atoms with Gasteiger partial charge in [-0.1, -0.05) is 0 Å². The SMILES string of the molecule is C[C@H](CO)N(C)C(=O)C1CC1. The monoisotopic (exact) mass is 157 g/mol. The molecule has 3 nitrogen and oxygen atoms in total. The van der Waals surface area contributed by atoms with Gasteiger partial charge in [-0.25, -0.2) is 0 Å². The molecule has 1 N–H and O–H groups in total. The summed E-state index contributed by atoms with van der Waals surface area (Å²) in [6.45, 7) is 1.90. The van der Waals surface area contributed by atoms with Crippen LogP contribution < -0.4 is 0 Å². The zero-order valence-corrected chi connectivity index (χ0v) is 7.08. The van der Waals surface area contributed by atoms with Crippen LogP contribution in [0.15, 0.2) is 0 Å². The average molecular weight is 157 g/mol. The minimum absolute atomic E-state index is 0.0388. The summed E-state index contributed by atoms with van der Waals surface area (Å²) in [5, 5.41) is 8.76. The van der Waals surface area contributed by atoms with Crippen molar-refractivity contribution in [2.75, 3.05) is 13.7 Å². The summed E-state index contributed by atoms with van der Waals surface area (Å²) in [6, 6.07) is -0.0388. The maximum atomic E-state index is 11.3. The average Bonchev–Trinajstić information content (AvgIpc) is 2.82. The first-order valence-electron chi connectivity index (χ1n) is 4.04. The molecule has 11 heavy (non-hydrogen) atoms. The molecule has 0 saturated heterocycles. The van der Waals surface area contributed by atoms with Gasteiger partial charge in [-0.05, 0) is 19.8 Å². The first-order valence-corrected chi connectivity index (χ1v) is 4.04. The Labute approximate surface area is 67.0 Å². The highest BCUT2D eigenvalue weighted by molar-refractivity contribution is 5.81. The number of hydrogen-bond acceptors (Lipinski definition) is 2. The van der Waals surface area contributed by atoms with E-state index in [1.165, 1.54) is 0 Å². The number of aliphatic hydroxyl groups excluding tert-OH is 1. The van der Waals surface area contributed by atoms with Gasteiger partial charge in [0.2, 0.25) is 5.91 Å². The number of likely N-dealkylation sites (N-methyl/N-ethyl adjacent to an activating group) is 1. The van der Waals surface area contributed by atoms with E-state index in [2.05, 4.69) is 0 Å². The summed E-state index contributed by atoms with van der Waals surface area (Å²) < 4.78 is 0. The fraction of sp³-hybridized carbons (Fsp3) is 0.875. The summed E-state index contributed by atoms with van der Waals surface area (Å²) in [6.07, 6.45) is 2.06. The van der Waals surface area contributed by atoms with Gasteiger partial charge < -0.3 is 10.0 Å². The summed E-state index contributed by atoms with van der Waals surface area (Å²) in [5.41, 5.74) is 0. The number of aliphatic hydroxyl groups is 1. The molecule has 1 atom stereocenters. The molecule has 1 fully saturated rings. The molecule has 0 heterocycles. The quantitative estimate of drug-likeness (QED) is 0.637. The zero-order chi connectivity index (χ0) is 8.43. The van der Waals surface area contributed by atoms with E-state index in [1.807, 2.05) is 6.92 Å². The molecule has 64 valence electrons. The van der Waals surface area contributed by atoms with Crippen LogP contribution in [0.25, 0.3) is 0 Å². The van der Waals surface area contributed by atoms with Crippen LogP contribution in [-0.2, 0) is 4.79 Å². The van der Waals surface area contributed by atoms with E-state index in [9.17, 15) is 4.79 Å². The van der Waals surface area contributed by atoms with Gasteiger partial charge in [0.25, 0.3) is 0 Å². The number of nitrogens with zero attached hydrogens (tertiary/aromatic N) is 1. The van der Waals surface area contributed by atoms with Crippen molar-refractivity contribution >= 4 is 5.91 Å². The lowest BCUT2D eigenvalue weighted by Gasteiger charge is -2.22. The predicted molar refractivity (Wildman–Crippen MR) is 42.0 cm³/mol. The van der Waals surface area contributed by atoms with Crippen LogP contribution in [0.3, 0.4) is 0 Å². The van der Waals surface area contributed by atoms with E-state index in [0.717, 1.165) is 12.8 Å². The van der Waals surface area contributed by atoms with Gasteiger partial charge in [0.15, 0.2) is 0 Å². The van der Waals surface area contributed by atoms with Gasteiger partial charge in [-0.3, -0.25) is 4.79 Å². The molecule has 0 aromatic heterocycles. The minimum atomic E-state index is -0.0388. The van der Waals surface area contributed by atoms with Crippen molar-refractivity contribution in [2.24, 2.45) is 5.92 Å². The van der Waals surface area contributed by atoms with Gasteiger partial charge in [-0.15, -0.1) is 0 Å². The van der Waals surface area contributed by atoms with Crippen LogP contribution in [0.4, 0.5) is 0 Å². The van der Waals surface area contributed by atoms with Crippen molar-refractivity contribution < 1.29 is 9.90 Å². The van der Waals surface area contributed by atoms with Crippen LogP contribution in [0.1, 0.15) is 19.8 Å². The molecule has 0 spiro atoms. The largest absolute Gasteiger partial charge is 0.394 e. The highest BCUT2D eigenvalue weighted by Crippen LogP contribution is 2.30. The molecule has 1 aliphatic carbocycles. The second-order valence-corrected chi connectivity index (χ2v) is 3.26. The molecule has 0 aromatic carbocycles. The number of rotatable bonds is 3. The van der Waals surface area contributed by atoms with E-state index in [-0.39, 0.29) is 24.5 Å². The van der Waals surface area contributed by atoms with Gasteiger partial charge >= 0.3 is 0 Å². The Morgan fingerprint density at radius 1 is 1.73 bits per heavy atom. The molecular weight excluding hydrogens is 142 g/mol. The number of hydrogen-bond donors (Lipinski definition) is 1. The fourth-order valence-corrected chi connectivity index (χ4v) is 0.958. The Morgan fingerprint density at radius 3 is 2.64 bits per heavy atom. The van der Waals surface area contributed by atoms with Crippen molar-refractivity contribution in [1.82, 2.24) is 4.90 Å². The second kappa shape index (κ2) is 3.22. The molecule has 0 unspecified atom stereocenters. The number of carbonyl (C=O) groups excluding carboxylic acids is 1. The van der Waals surface area contributed by atoms with Gasteiger partial charge in [0.1, 0.15) is 0 Å². The summed E-state index contributed by atoms with van der Waals surface area (Å²) >= 11 is 0. The molecule has 0 aliphatic heterocycles. The maximum Gasteiger partial charge on any atom is 0.225 e. The third-order valence-electron chi connectivity index (χ3n) is 2.20. The van der Waals surface area contributed by atoms with Gasteiger partial charge in [0.05, 0.1) is 12.6 Å². The van der Waals surface area contributed by atoms with Crippen molar-refractivity contribution in [3.05, 3.63) is 0 Å². The zero-order valence-electron chi connectivity index (χ0n) is 7.08. The Bertz CT molecular complexity index is 154. The molecule has 0 radical (unpaired) electrons. The molecular formula is C8H15NO2. The fourth-order valence-electron chi connectivity index (χ4n) is 0.958. The van der Waals surface area contributed by atoms with E-state index < -0.39 is 0 Å². The van der Waals surface area contributed by atoms with Crippen molar-refractivity contribution in [2.45, 2.75) is 25.8 Å². The van der Waals surface area contributed by atoms with E-state index >= 15 is 0 Å². The normalized spacial score (nSPS) is 19.5. The number of carbonyl (C=O) groups is 1. The van der Waals surface area contributed by atoms with Gasteiger partial charge in [-0.2, -0.15) is 0 Å². The van der Waals surface area contributed by atoms with Crippen LogP contribution in [0.2, 0.25) is 0 Å². The summed E-state index contributed by atoms with van der Waals surface area (Å²) in [7, 11) is 1.75. The topological polar surface area (TPSA) is 40.5 Å². The first kappa shape index (κ1) is 8.53. The van der Waals surface area contributed by atoms with Crippen LogP contribution in [0, 0.1) is 5.92 Å². The summed E-state index contributed by atoms with van der Waals surface area (Å²) in [4.78, 5) is 13.0. The maximum absolute atomic E-state index is 11.3. The Hall–Kier alpha value is -0.570. The lowest BCUT2D eigenvalue weighted by molar-refractivity contribution is -0.133. The Kier molecular flexibility index (Phi) is 2.49. The van der Waals surface area contributed by atoms with Crippen molar-refractivity contribution in [3.63, 3.8) is 0 Å². The van der Waals surface area contributed by atoms with Gasteiger partial charge in [0, 0.05) is 13.0 Å². The van der Waals surface area contributed by atoms with E-state index in [1.54, 1.807) is 11.9 Å². The van der Waals surface area contributed by atoms with E-state index in [4.69, 9.17) is 5.11 Å². The summed E-state index contributed by atoms with van der Waals surface area (Å²) in [5.74, 6) is 0.445. The number of amides is 1. The molecule has 3 heteroatoms. The second-order valence-electron chi connectivity index (χ2n) is 3.26. The third kappa shape index (κ3) is 1.93. The molecule has 1 aliphatic rings. The third-order valence-corrected chi connectivity index (χ3v) is 2.20.